The van der Waals surface area contributed by atoms with Gasteiger partial charge in [0.25, 0.3) is 11.8 Å². The summed E-state index contributed by atoms with van der Waals surface area (Å²) in [5.41, 5.74) is 3.69. The molecular formula is C26H21N5O2S2. The van der Waals surface area contributed by atoms with E-state index in [1.54, 1.807) is 10.3 Å². The quantitative estimate of drug-likeness (QED) is 0.412. The first kappa shape index (κ1) is 22.9. The molecule has 0 atom stereocenters. The summed E-state index contributed by atoms with van der Waals surface area (Å²) < 4.78 is 3.87. The lowest BCUT2D eigenvalue weighted by Crippen LogP contribution is -2.37. The summed E-state index contributed by atoms with van der Waals surface area (Å²) in [4.78, 5) is 31.5. The molecule has 1 fully saturated rings. The van der Waals surface area contributed by atoms with E-state index in [-0.39, 0.29) is 17.7 Å². The van der Waals surface area contributed by atoms with Crippen LogP contribution in [0.4, 0.5) is 5.69 Å². The van der Waals surface area contributed by atoms with Gasteiger partial charge in [-0.05, 0) is 48.6 Å². The van der Waals surface area contributed by atoms with Crippen molar-refractivity contribution in [1.82, 2.24) is 19.5 Å². The molecule has 3 heterocycles. The Morgan fingerprint density at radius 3 is 2.49 bits per heavy atom. The number of nitrogens with zero attached hydrogens (tertiary/aromatic N) is 4. The molecule has 1 aliphatic heterocycles. The number of amides is 2. The van der Waals surface area contributed by atoms with Gasteiger partial charge >= 0.3 is 0 Å². The Bertz CT molecular complexity index is 1360. The molecule has 1 N–H and O–H groups in total. The molecule has 4 aromatic rings. The first-order valence-electron chi connectivity index (χ1n) is 11.2. The van der Waals surface area contributed by atoms with Gasteiger partial charge in [-0.3, -0.25) is 9.59 Å². The molecule has 0 radical (unpaired) electrons. The van der Waals surface area contributed by atoms with Gasteiger partial charge in [0.1, 0.15) is 11.4 Å². The van der Waals surface area contributed by atoms with Gasteiger partial charge in [-0.15, -0.1) is 16.4 Å². The van der Waals surface area contributed by atoms with Gasteiger partial charge in [0.2, 0.25) is 0 Å². The van der Waals surface area contributed by atoms with Crippen molar-refractivity contribution in [1.29, 1.82) is 0 Å². The largest absolute Gasteiger partial charge is 0.332 e. The van der Waals surface area contributed by atoms with Crippen LogP contribution >= 0.6 is 22.9 Å². The third-order valence-corrected chi connectivity index (χ3v) is 7.28. The Balaban J connectivity index is 1.15. The zero-order valence-electron chi connectivity index (χ0n) is 18.7. The molecule has 0 spiro atoms. The predicted molar refractivity (Wildman–Crippen MR) is 137 cm³/mol. The van der Waals surface area contributed by atoms with E-state index < -0.39 is 0 Å². The molecule has 2 amide bonds. The van der Waals surface area contributed by atoms with E-state index in [1.165, 1.54) is 22.9 Å². The lowest BCUT2D eigenvalue weighted by atomic mass is 9.97. The van der Waals surface area contributed by atoms with Crippen molar-refractivity contribution in [2.45, 2.75) is 18.8 Å². The Morgan fingerprint density at radius 2 is 1.77 bits per heavy atom. The normalized spacial score (nSPS) is 13.7. The topological polar surface area (TPSA) is 88.1 Å². The average molecular weight is 500 g/mol. The minimum absolute atomic E-state index is 0.149. The fourth-order valence-electron chi connectivity index (χ4n) is 3.84. The Morgan fingerprint density at radius 1 is 1.00 bits per heavy atom. The molecule has 35 heavy (non-hydrogen) atoms. The molecule has 7 nitrogen and oxygen atoms in total. The summed E-state index contributed by atoms with van der Waals surface area (Å²) in [6.45, 7) is 1.27. The molecule has 1 saturated heterocycles. The number of likely N-dealkylation sites (tertiary alicyclic amines) is 1. The van der Waals surface area contributed by atoms with Gasteiger partial charge in [-0.2, -0.15) is 0 Å². The third-order valence-electron chi connectivity index (χ3n) is 5.77. The lowest BCUT2D eigenvalue weighted by molar-refractivity contribution is -0.126. The zero-order valence-corrected chi connectivity index (χ0v) is 20.3. The first-order chi connectivity index (χ1) is 17.2. The number of rotatable bonds is 4. The van der Waals surface area contributed by atoms with Crippen molar-refractivity contribution in [2.75, 3.05) is 18.4 Å². The van der Waals surface area contributed by atoms with Crippen molar-refractivity contribution in [3.05, 3.63) is 81.6 Å². The SMILES string of the molecule is O=C(Nc1ccc(-c2csnn2)cc1)c1csc(C2CCN(C(=O)C#Cc3ccccc3)CC2)n1. The van der Waals surface area contributed by atoms with Crippen LogP contribution in [0.3, 0.4) is 0 Å². The van der Waals surface area contributed by atoms with Crippen molar-refractivity contribution in [3.8, 4) is 23.1 Å². The van der Waals surface area contributed by atoms with E-state index >= 15 is 0 Å². The molecular weight excluding hydrogens is 478 g/mol. The summed E-state index contributed by atoms with van der Waals surface area (Å²) in [6, 6.07) is 17.0. The highest BCUT2D eigenvalue weighted by Gasteiger charge is 2.26. The number of aromatic nitrogens is 3. The molecule has 1 aliphatic rings. The van der Waals surface area contributed by atoms with Crippen LogP contribution in [0.2, 0.25) is 0 Å². The van der Waals surface area contributed by atoms with Crippen LogP contribution in [-0.4, -0.2) is 44.4 Å². The predicted octanol–water partition coefficient (Wildman–Crippen LogP) is 4.67. The van der Waals surface area contributed by atoms with Crippen LogP contribution in [0.25, 0.3) is 11.3 Å². The highest BCUT2D eigenvalue weighted by Crippen LogP contribution is 2.30. The van der Waals surface area contributed by atoms with Crippen molar-refractivity contribution in [3.63, 3.8) is 0 Å². The molecule has 2 aromatic heterocycles. The summed E-state index contributed by atoms with van der Waals surface area (Å²) in [6.07, 6.45) is 1.61. The summed E-state index contributed by atoms with van der Waals surface area (Å²) >= 11 is 2.80. The van der Waals surface area contributed by atoms with Crippen LogP contribution in [0.5, 0.6) is 0 Å². The van der Waals surface area contributed by atoms with Crippen LogP contribution in [0.1, 0.15) is 39.8 Å². The monoisotopic (exact) mass is 499 g/mol. The second-order valence-corrected chi connectivity index (χ2v) is 9.57. The first-order valence-corrected chi connectivity index (χ1v) is 12.9. The van der Waals surface area contributed by atoms with Gasteiger partial charge in [0, 0.05) is 52.5 Å². The highest BCUT2D eigenvalue weighted by atomic mass is 32.1. The second kappa shape index (κ2) is 10.6. The number of carbonyl (C=O) groups excluding carboxylic acids is 2. The fourth-order valence-corrected chi connectivity index (χ4v) is 5.28. The number of anilines is 1. The van der Waals surface area contributed by atoms with Crippen LogP contribution in [0, 0.1) is 11.8 Å². The number of hydrogen-bond acceptors (Lipinski definition) is 7. The van der Waals surface area contributed by atoms with Gasteiger partial charge < -0.3 is 10.2 Å². The number of benzene rings is 2. The van der Waals surface area contributed by atoms with E-state index in [2.05, 4.69) is 31.7 Å². The maximum atomic E-state index is 12.7. The van der Waals surface area contributed by atoms with Gasteiger partial charge in [0.15, 0.2) is 0 Å². The molecule has 174 valence electrons. The minimum Gasteiger partial charge on any atom is -0.332 e. The number of carbonyl (C=O) groups is 2. The number of thiazole rings is 1. The molecule has 0 unspecified atom stereocenters. The van der Waals surface area contributed by atoms with E-state index in [1.807, 2.05) is 60.0 Å². The molecule has 0 aliphatic carbocycles. The minimum atomic E-state index is -0.237. The summed E-state index contributed by atoms with van der Waals surface area (Å²) in [5.74, 6) is 5.52. The summed E-state index contributed by atoms with van der Waals surface area (Å²) in [5, 5.41) is 11.6. The molecule has 2 aromatic carbocycles. The molecule has 0 bridgehead atoms. The van der Waals surface area contributed by atoms with E-state index in [4.69, 9.17) is 0 Å². The Labute approximate surface area is 211 Å². The van der Waals surface area contributed by atoms with Crippen molar-refractivity contribution >= 4 is 40.4 Å². The standard InChI is InChI=1S/C26H21N5O2S2/c32-24(11-6-18-4-2-1-3-5-18)31-14-12-20(13-15-31)26-28-23(16-34-26)25(33)27-21-9-7-19(8-10-21)22-17-35-30-29-22/h1-5,7-10,16-17,20H,12-15H2,(H,27,33). The van der Waals surface area contributed by atoms with Crippen LogP contribution in [-0.2, 0) is 4.79 Å². The van der Waals surface area contributed by atoms with Crippen LogP contribution in [0.15, 0.2) is 65.4 Å². The van der Waals surface area contributed by atoms with Crippen LogP contribution < -0.4 is 5.32 Å². The Kier molecular flexibility index (Phi) is 6.93. The lowest BCUT2D eigenvalue weighted by Gasteiger charge is -2.29. The number of nitrogens with one attached hydrogen (secondary N) is 1. The molecule has 5 rings (SSSR count). The number of piperidine rings is 1. The molecule has 0 saturated carbocycles. The smallest absolute Gasteiger partial charge is 0.298 e. The van der Waals surface area contributed by atoms with E-state index in [0.717, 1.165) is 34.7 Å². The number of hydrogen-bond donors (Lipinski definition) is 1. The second-order valence-electron chi connectivity index (χ2n) is 8.08. The fraction of sp³-hybridized carbons (Fsp3) is 0.192. The zero-order chi connectivity index (χ0) is 24.0. The van der Waals surface area contributed by atoms with Crippen molar-refractivity contribution in [2.24, 2.45) is 0 Å². The Hall–Kier alpha value is -3.87. The summed E-state index contributed by atoms with van der Waals surface area (Å²) in [7, 11) is 0. The van der Waals surface area contributed by atoms with Gasteiger partial charge in [-0.1, -0.05) is 40.7 Å². The maximum absolute atomic E-state index is 12.7. The van der Waals surface area contributed by atoms with Gasteiger partial charge in [0.05, 0.1) is 5.01 Å². The molecule has 9 heteroatoms. The third kappa shape index (κ3) is 5.62. The van der Waals surface area contributed by atoms with E-state index in [0.29, 0.717) is 24.5 Å². The van der Waals surface area contributed by atoms with Gasteiger partial charge in [-0.25, -0.2) is 4.98 Å². The highest BCUT2D eigenvalue weighted by molar-refractivity contribution is 7.10. The average Bonchev–Trinajstić information content (AvgIpc) is 3.62. The van der Waals surface area contributed by atoms with Crippen molar-refractivity contribution < 1.29 is 9.59 Å². The maximum Gasteiger partial charge on any atom is 0.298 e. The van der Waals surface area contributed by atoms with E-state index in [9.17, 15) is 9.59 Å².